The molecule has 34 heavy (non-hydrogen) atoms. The van der Waals surface area contributed by atoms with Crippen LogP contribution < -0.4 is 5.32 Å². The van der Waals surface area contributed by atoms with E-state index in [1.54, 1.807) is 0 Å². The first-order chi connectivity index (χ1) is 16.5. The zero-order chi connectivity index (χ0) is 23.9. The van der Waals surface area contributed by atoms with E-state index in [1.165, 1.54) is 34.0 Å². The van der Waals surface area contributed by atoms with Gasteiger partial charge in [-0.2, -0.15) is 11.8 Å². The van der Waals surface area contributed by atoms with Crippen LogP contribution in [0.4, 0.5) is 4.79 Å². The van der Waals surface area contributed by atoms with E-state index in [2.05, 4.69) is 29.6 Å². The molecule has 1 saturated heterocycles. The third-order valence-electron chi connectivity index (χ3n) is 6.40. The zero-order valence-corrected chi connectivity index (χ0v) is 19.9. The molecule has 1 heterocycles. The largest absolute Gasteiger partial charge is 0.481 e. The van der Waals surface area contributed by atoms with Crippen LogP contribution in [0.25, 0.3) is 11.1 Å². The highest BCUT2D eigenvalue weighted by Crippen LogP contribution is 2.44. The number of nitrogens with zero attached hydrogens (tertiary/aromatic N) is 1. The number of carboxylic acid groups (broad SMARTS) is 1. The van der Waals surface area contributed by atoms with Crippen LogP contribution in [-0.4, -0.2) is 65.7 Å². The Bertz CT molecular complexity index is 992. The van der Waals surface area contributed by atoms with Crippen molar-refractivity contribution in [1.82, 2.24) is 10.2 Å². The molecule has 1 aliphatic heterocycles. The Balaban J connectivity index is 1.10. The number of amides is 2. The highest BCUT2D eigenvalue weighted by molar-refractivity contribution is 7.99. The quantitative estimate of drug-likeness (QED) is 0.471. The van der Waals surface area contributed by atoms with Crippen LogP contribution in [0.5, 0.6) is 0 Å². The molecule has 2 aliphatic rings. The first-order valence-corrected chi connectivity index (χ1v) is 12.8. The van der Waals surface area contributed by atoms with Crippen LogP contribution in [0.1, 0.15) is 36.3 Å². The minimum absolute atomic E-state index is 0.0367. The van der Waals surface area contributed by atoms with Crippen LogP contribution in [0, 0.1) is 5.92 Å². The van der Waals surface area contributed by atoms with Crippen LogP contribution in [0.3, 0.4) is 0 Å². The van der Waals surface area contributed by atoms with Crippen LogP contribution in [0.2, 0.25) is 0 Å². The number of fused-ring (bicyclic) bond motifs is 3. The normalized spacial score (nSPS) is 14.8. The second-order valence-corrected chi connectivity index (χ2v) is 9.86. The highest BCUT2D eigenvalue weighted by Gasteiger charge is 2.30. The Labute approximate surface area is 203 Å². The molecule has 2 aromatic rings. The molecule has 2 aromatic carbocycles. The van der Waals surface area contributed by atoms with Gasteiger partial charge in [0, 0.05) is 37.7 Å². The van der Waals surface area contributed by atoms with Gasteiger partial charge < -0.3 is 20.1 Å². The van der Waals surface area contributed by atoms with E-state index in [0.29, 0.717) is 30.4 Å². The summed E-state index contributed by atoms with van der Waals surface area (Å²) in [5.74, 6) is 0.800. The summed E-state index contributed by atoms with van der Waals surface area (Å²) in [5.41, 5.74) is 4.75. The Morgan fingerprint density at radius 3 is 2.32 bits per heavy atom. The lowest BCUT2D eigenvalue weighted by molar-refractivity contribution is -0.138. The average Bonchev–Trinajstić information content (AvgIpc) is 3.12. The van der Waals surface area contributed by atoms with Crippen molar-refractivity contribution in [3.63, 3.8) is 0 Å². The van der Waals surface area contributed by atoms with Gasteiger partial charge in [0.25, 0.3) is 0 Å². The van der Waals surface area contributed by atoms with Gasteiger partial charge in [0.1, 0.15) is 6.61 Å². The monoisotopic (exact) mass is 482 g/mol. The van der Waals surface area contributed by atoms with Crippen LogP contribution in [-0.2, 0) is 14.3 Å². The molecular weight excluding hydrogens is 452 g/mol. The topological polar surface area (TPSA) is 95.9 Å². The lowest BCUT2D eigenvalue weighted by Gasteiger charge is -2.39. The van der Waals surface area contributed by atoms with Crippen molar-refractivity contribution in [2.75, 3.05) is 37.7 Å². The molecule has 8 heteroatoms. The molecule has 4 rings (SSSR count). The standard InChI is InChI=1S/C26H30N2O5S/c29-24(28-14-18(15-28)6-5-11-25(30)31)17-34-13-12-27-26(32)33-16-23-21-9-3-1-7-19(21)20-8-2-4-10-22(20)23/h1-4,7-10,18,23H,5-6,11-17H2,(H,27,32)(H,30,31). The Morgan fingerprint density at radius 1 is 1.03 bits per heavy atom. The number of ether oxygens (including phenoxy) is 1. The summed E-state index contributed by atoms with van der Waals surface area (Å²) in [4.78, 5) is 36.8. The zero-order valence-electron chi connectivity index (χ0n) is 19.1. The van der Waals surface area contributed by atoms with Crippen LogP contribution >= 0.6 is 11.8 Å². The molecule has 0 unspecified atom stereocenters. The fraction of sp³-hybridized carbons (Fsp3) is 0.423. The maximum Gasteiger partial charge on any atom is 0.407 e. The fourth-order valence-electron chi connectivity index (χ4n) is 4.62. The van der Waals surface area contributed by atoms with Gasteiger partial charge in [-0.3, -0.25) is 9.59 Å². The smallest absolute Gasteiger partial charge is 0.407 e. The van der Waals surface area contributed by atoms with Crippen molar-refractivity contribution >= 4 is 29.7 Å². The molecule has 2 amide bonds. The number of hydrogen-bond acceptors (Lipinski definition) is 5. The number of carboxylic acids is 1. The van der Waals surface area contributed by atoms with E-state index in [1.807, 2.05) is 29.2 Å². The summed E-state index contributed by atoms with van der Waals surface area (Å²) >= 11 is 1.49. The first kappa shape index (κ1) is 24.1. The summed E-state index contributed by atoms with van der Waals surface area (Å²) in [5, 5.41) is 11.5. The summed E-state index contributed by atoms with van der Waals surface area (Å²) in [6, 6.07) is 16.5. The predicted molar refractivity (Wildman–Crippen MR) is 132 cm³/mol. The van der Waals surface area contributed by atoms with Gasteiger partial charge in [-0.1, -0.05) is 48.5 Å². The number of hydrogen-bond donors (Lipinski definition) is 2. The summed E-state index contributed by atoms with van der Waals surface area (Å²) in [6.45, 7) is 2.16. The van der Waals surface area contributed by atoms with E-state index >= 15 is 0 Å². The predicted octanol–water partition coefficient (Wildman–Crippen LogP) is 3.97. The van der Waals surface area contributed by atoms with Crippen molar-refractivity contribution < 1.29 is 24.2 Å². The fourth-order valence-corrected chi connectivity index (χ4v) is 5.37. The van der Waals surface area contributed by atoms with Crippen molar-refractivity contribution in [1.29, 1.82) is 0 Å². The second-order valence-electron chi connectivity index (χ2n) is 8.76. The molecule has 0 atom stereocenters. The van der Waals surface area contributed by atoms with Crippen LogP contribution in [0.15, 0.2) is 48.5 Å². The Morgan fingerprint density at radius 2 is 1.68 bits per heavy atom. The number of benzene rings is 2. The second kappa shape index (κ2) is 11.4. The number of thioether (sulfide) groups is 1. The molecule has 2 N–H and O–H groups in total. The van der Waals surface area contributed by atoms with E-state index < -0.39 is 12.1 Å². The molecule has 0 aromatic heterocycles. The van der Waals surface area contributed by atoms with Crippen molar-refractivity contribution in [2.24, 2.45) is 5.92 Å². The Hall–Kier alpha value is -3.00. The maximum absolute atomic E-state index is 12.2. The molecule has 180 valence electrons. The van der Waals surface area contributed by atoms with Gasteiger partial charge in [-0.25, -0.2) is 4.79 Å². The van der Waals surface area contributed by atoms with Gasteiger partial charge in [0.05, 0.1) is 5.75 Å². The number of carbonyl (C=O) groups is 3. The molecule has 1 aliphatic carbocycles. The van der Waals surface area contributed by atoms with Crippen molar-refractivity contribution in [3.05, 3.63) is 59.7 Å². The lowest BCUT2D eigenvalue weighted by atomic mass is 9.94. The van der Waals surface area contributed by atoms with Crippen molar-refractivity contribution in [2.45, 2.75) is 25.2 Å². The molecular formula is C26H30N2O5S. The molecule has 7 nitrogen and oxygen atoms in total. The van der Waals surface area contributed by atoms with Crippen molar-refractivity contribution in [3.8, 4) is 11.1 Å². The van der Waals surface area contributed by atoms with E-state index in [4.69, 9.17) is 9.84 Å². The number of aliphatic carboxylic acids is 1. The van der Waals surface area contributed by atoms with E-state index in [0.717, 1.165) is 19.5 Å². The number of nitrogens with one attached hydrogen (secondary N) is 1. The lowest BCUT2D eigenvalue weighted by Crippen LogP contribution is -2.50. The number of alkyl carbamates (subject to hydrolysis) is 1. The SMILES string of the molecule is O=C(O)CCCC1CN(C(=O)CSCCNC(=O)OCC2c3ccccc3-c3ccccc32)C1. The first-order valence-electron chi connectivity index (χ1n) is 11.7. The maximum atomic E-state index is 12.2. The summed E-state index contributed by atoms with van der Waals surface area (Å²) in [6.07, 6.45) is 1.27. The molecule has 1 fully saturated rings. The third-order valence-corrected chi connectivity index (χ3v) is 7.34. The average molecular weight is 483 g/mol. The van der Waals surface area contributed by atoms with Gasteiger partial charge in [-0.05, 0) is 41.0 Å². The number of carbonyl (C=O) groups excluding carboxylic acids is 2. The van der Waals surface area contributed by atoms with Gasteiger partial charge in [0.2, 0.25) is 5.91 Å². The minimum atomic E-state index is -0.768. The number of rotatable bonds is 11. The third kappa shape index (κ3) is 5.91. The molecule has 0 spiro atoms. The van der Waals surface area contributed by atoms with Gasteiger partial charge in [0.15, 0.2) is 0 Å². The van der Waals surface area contributed by atoms with Gasteiger partial charge in [-0.15, -0.1) is 0 Å². The van der Waals surface area contributed by atoms with E-state index in [-0.39, 0.29) is 24.9 Å². The molecule has 0 radical (unpaired) electrons. The highest BCUT2D eigenvalue weighted by atomic mass is 32.2. The molecule has 0 saturated carbocycles. The molecule has 0 bridgehead atoms. The Kier molecular flexibility index (Phi) is 8.11. The summed E-state index contributed by atoms with van der Waals surface area (Å²) < 4.78 is 5.52. The number of likely N-dealkylation sites (tertiary alicyclic amines) is 1. The van der Waals surface area contributed by atoms with E-state index in [9.17, 15) is 14.4 Å². The van der Waals surface area contributed by atoms with Gasteiger partial charge >= 0.3 is 12.1 Å². The summed E-state index contributed by atoms with van der Waals surface area (Å²) in [7, 11) is 0. The minimum Gasteiger partial charge on any atom is -0.481 e.